The van der Waals surface area contributed by atoms with Crippen molar-refractivity contribution in [3.8, 4) is 5.75 Å². The topological polar surface area (TPSA) is 67.4 Å². The Bertz CT molecular complexity index is 826. The summed E-state index contributed by atoms with van der Waals surface area (Å²) in [5.41, 5.74) is 5.61. The van der Waals surface area contributed by atoms with Crippen LogP contribution < -0.4 is 15.6 Å². The zero-order valence-electron chi connectivity index (χ0n) is 12.1. The number of ether oxygens (including phenoxy) is 1. The molecule has 1 unspecified atom stereocenters. The van der Waals surface area contributed by atoms with Gasteiger partial charge in [-0.1, -0.05) is 34.8 Å². The van der Waals surface area contributed by atoms with Crippen LogP contribution in [0.2, 0.25) is 15.1 Å². The largest absolute Gasteiger partial charge is 0.480 e. The van der Waals surface area contributed by atoms with E-state index in [-0.39, 0.29) is 10.6 Å². The third-order valence-electron chi connectivity index (χ3n) is 3.46. The van der Waals surface area contributed by atoms with Crippen molar-refractivity contribution >= 4 is 46.6 Å². The number of carbonyl (C=O) groups excluding carboxylic acids is 2. The normalized spacial score (nSPS) is 15.4. The first kappa shape index (κ1) is 16.9. The molecule has 0 spiro atoms. The van der Waals surface area contributed by atoms with E-state index in [9.17, 15) is 9.59 Å². The number of hydrazine groups is 1. The van der Waals surface area contributed by atoms with Gasteiger partial charge in [-0.15, -0.1) is 0 Å². The van der Waals surface area contributed by atoms with Crippen molar-refractivity contribution in [1.82, 2.24) is 10.9 Å². The molecule has 8 heteroatoms. The second-order valence-corrected chi connectivity index (χ2v) is 6.41. The van der Waals surface area contributed by atoms with Gasteiger partial charge in [0.15, 0.2) is 6.10 Å². The van der Waals surface area contributed by atoms with Gasteiger partial charge in [0.05, 0.1) is 10.6 Å². The molecule has 124 valence electrons. The van der Waals surface area contributed by atoms with E-state index >= 15 is 0 Å². The summed E-state index contributed by atoms with van der Waals surface area (Å²) in [7, 11) is 0. The van der Waals surface area contributed by atoms with Crippen molar-refractivity contribution < 1.29 is 14.3 Å². The zero-order valence-corrected chi connectivity index (χ0v) is 14.4. The molecule has 2 amide bonds. The summed E-state index contributed by atoms with van der Waals surface area (Å²) in [6, 6.07) is 9.61. The lowest BCUT2D eigenvalue weighted by Gasteiger charge is -2.12. The lowest BCUT2D eigenvalue weighted by Crippen LogP contribution is -2.47. The molecule has 0 aliphatic carbocycles. The van der Waals surface area contributed by atoms with Crippen molar-refractivity contribution in [3.05, 3.63) is 62.6 Å². The van der Waals surface area contributed by atoms with Gasteiger partial charge in [-0.2, -0.15) is 0 Å². The SMILES string of the molecule is O=C(NNC(=O)C1Cc2cc(Cl)ccc2O1)c1cc(Cl)ccc1Cl. The van der Waals surface area contributed by atoms with Gasteiger partial charge >= 0.3 is 0 Å². The molecule has 0 saturated carbocycles. The van der Waals surface area contributed by atoms with Gasteiger partial charge in [-0.3, -0.25) is 20.4 Å². The highest BCUT2D eigenvalue weighted by atomic mass is 35.5. The Hall–Kier alpha value is -1.95. The molecule has 1 atom stereocenters. The number of hydrogen-bond acceptors (Lipinski definition) is 3. The second kappa shape index (κ2) is 6.89. The second-order valence-electron chi connectivity index (χ2n) is 5.13. The van der Waals surface area contributed by atoms with Gasteiger partial charge in [0.2, 0.25) is 0 Å². The summed E-state index contributed by atoms with van der Waals surface area (Å²) < 4.78 is 5.54. The van der Waals surface area contributed by atoms with E-state index in [1.807, 2.05) is 0 Å². The standard InChI is InChI=1S/C16H11Cl3N2O3/c17-9-2-4-13-8(5-9)6-14(24-13)16(23)21-20-15(22)11-7-10(18)1-3-12(11)19/h1-5,7,14H,6H2,(H,20,22)(H,21,23). The van der Waals surface area contributed by atoms with E-state index in [4.69, 9.17) is 39.5 Å². The monoisotopic (exact) mass is 384 g/mol. The van der Waals surface area contributed by atoms with Crippen LogP contribution in [0.4, 0.5) is 0 Å². The van der Waals surface area contributed by atoms with Crippen LogP contribution >= 0.6 is 34.8 Å². The Balaban J connectivity index is 1.60. The number of hydrogen-bond donors (Lipinski definition) is 2. The minimum Gasteiger partial charge on any atom is -0.480 e. The van der Waals surface area contributed by atoms with Gasteiger partial charge in [0.1, 0.15) is 5.75 Å². The van der Waals surface area contributed by atoms with Crippen LogP contribution in [0.1, 0.15) is 15.9 Å². The number of fused-ring (bicyclic) bond motifs is 1. The van der Waals surface area contributed by atoms with Gasteiger partial charge in [0.25, 0.3) is 11.8 Å². The maximum atomic E-state index is 12.1. The van der Waals surface area contributed by atoms with Crippen LogP contribution in [-0.4, -0.2) is 17.9 Å². The number of rotatable bonds is 2. The number of benzene rings is 2. The summed E-state index contributed by atoms with van der Waals surface area (Å²) in [5, 5.41) is 1.16. The van der Waals surface area contributed by atoms with Crippen LogP contribution in [0.15, 0.2) is 36.4 Å². The fourth-order valence-electron chi connectivity index (χ4n) is 2.30. The van der Waals surface area contributed by atoms with Crippen LogP contribution in [0.3, 0.4) is 0 Å². The van der Waals surface area contributed by atoms with Crippen LogP contribution in [-0.2, 0) is 11.2 Å². The Labute approximate surface area is 152 Å². The van der Waals surface area contributed by atoms with Gasteiger partial charge < -0.3 is 4.74 Å². The number of carbonyl (C=O) groups is 2. The Morgan fingerprint density at radius 2 is 1.71 bits per heavy atom. The highest BCUT2D eigenvalue weighted by Crippen LogP contribution is 2.31. The summed E-state index contributed by atoms with van der Waals surface area (Å²) in [4.78, 5) is 24.2. The third kappa shape index (κ3) is 3.59. The first-order valence-electron chi connectivity index (χ1n) is 6.94. The number of halogens is 3. The number of nitrogens with one attached hydrogen (secondary N) is 2. The molecule has 1 aliphatic rings. The van der Waals surface area contributed by atoms with Crippen LogP contribution in [0.5, 0.6) is 5.75 Å². The van der Waals surface area contributed by atoms with Crippen LogP contribution in [0.25, 0.3) is 0 Å². The lowest BCUT2D eigenvalue weighted by molar-refractivity contribution is -0.128. The molecule has 2 N–H and O–H groups in total. The van der Waals surface area contributed by atoms with Crippen molar-refractivity contribution in [1.29, 1.82) is 0 Å². The van der Waals surface area contributed by atoms with Gasteiger partial charge in [0, 0.05) is 16.5 Å². The fraction of sp³-hybridized carbons (Fsp3) is 0.125. The Morgan fingerprint density at radius 3 is 2.50 bits per heavy atom. The fourth-order valence-corrected chi connectivity index (χ4v) is 2.87. The highest BCUT2D eigenvalue weighted by molar-refractivity contribution is 6.35. The predicted octanol–water partition coefficient (Wildman–Crippen LogP) is 3.41. The smallest absolute Gasteiger partial charge is 0.279 e. The lowest BCUT2D eigenvalue weighted by atomic mass is 10.1. The molecule has 2 aromatic rings. The molecule has 0 bridgehead atoms. The maximum absolute atomic E-state index is 12.1. The molecular weight excluding hydrogens is 375 g/mol. The van der Waals surface area contributed by atoms with Gasteiger partial charge in [-0.25, -0.2) is 0 Å². The molecule has 3 rings (SSSR count). The molecule has 2 aromatic carbocycles. The third-order valence-corrected chi connectivity index (χ3v) is 4.26. The first-order chi connectivity index (χ1) is 11.4. The molecule has 1 aliphatic heterocycles. The van der Waals surface area contributed by atoms with Crippen molar-refractivity contribution in [2.24, 2.45) is 0 Å². The van der Waals surface area contributed by atoms with E-state index in [0.717, 1.165) is 5.56 Å². The Morgan fingerprint density at radius 1 is 1.00 bits per heavy atom. The molecule has 0 fully saturated rings. The Kier molecular flexibility index (Phi) is 4.85. The molecule has 0 aromatic heterocycles. The van der Waals surface area contributed by atoms with Crippen molar-refractivity contribution in [2.45, 2.75) is 12.5 Å². The summed E-state index contributed by atoms with van der Waals surface area (Å²) >= 11 is 17.7. The molecule has 24 heavy (non-hydrogen) atoms. The maximum Gasteiger partial charge on any atom is 0.279 e. The van der Waals surface area contributed by atoms with E-state index in [0.29, 0.717) is 22.2 Å². The van der Waals surface area contributed by atoms with E-state index < -0.39 is 17.9 Å². The van der Waals surface area contributed by atoms with Crippen molar-refractivity contribution in [2.75, 3.05) is 0 Å². The van der Waals surface area contributed by atoms with E-state index in [2.05, 4.69) is 10.9 Å². The number of amides is 2. The van der Waals surface area contributed by atoms with Crippen molar-refractivity contribution in [3.63, 3.8) is 0 Å². The molecule has 1 heterocycles. The first-order valence-corrected chi connectivity index (χ1v) is 8.08. The zero-order chi connectivity index (χ0) is 17.3. The predicted molar refractivity (Wildman–Crippen MR) is 91.6 cm³/mol. The molecule has 0 saturated heterocycles. The highest BCUT2D eigenvalue weighted by Gasteiger charge is 2.29. The average Bonchev–Trinajstić information content (AvgIpc) is 2.97. The molecular formula is C16H11Cl3N2O3. The average molecular weight is 386 g/mol. The molecule has 0 radical (unpaired) electrons. The minimum absolute atomic E-state index is 0.159. The summed E-state index contributed by atoms with van der Waals surface area (Å²) in [6.07, 6.45) is -0.371. The molecule has 5 nitrogen and oxygen atoms in total. The van der Waals surface area contributed by atoms with E-state index in [1.165, 1.54) is 12.1 Å². The minimum atomic E-state index is -0.742. The van der Waals surface area contributed by atoms with E-state index in [1.54, 1.807) is 24.3 Å². The quantitative estimate of drug-likeness (QED) is 0.779. The van der Waals surface area contributed by atoms with Crippen LogP contribution in [0, 0.1) is 0 Å². The summed E-state index contributed by atoms with van der Waals surface area (Å²) in [6.45, 7) is 0. The summed E-state index contributed by atoms with van der Waals surface area (Å²) in [5.74, 6) is -0.452. The van der Waals surface area contributed by atoms with Gasteiger partial charge in [-0.05, 0) is 42.0 Å².